The van der Waals surface area contributed by atoms with Gasteiger partial charge in [-0.25, -0.2) is 4.79 Å². The smallest absolute Gasteiger partial charge is 0.385 e. The predicted molar refractivity (Wildman–Crippen MR) is 93.7 cm³/mol. The number of ether oxygens (including phenoxy) is 1. The molecule has 0 heterocycles. The molecule has 0 N–H and O–H groups in total. The number of rotatable bonds is 5. The van der Waals surface area contributed by atoms with Crippen LogP contribution in [0.3, 0.4) is 0 Å². The van der Waals surface area contributed by atoms with Crippen LogP contribution in [0.5, 0.6) is 0 Å². The molecule has 0 aromatic carbocycles. The van der Waals surface area contributed by atoms with Gasteiger partial charge in [0.1, 0.15) is 0 Å². The minimum absolute atomic E-state index is 0.148. The Morgan fingerprint density at radius 3 is 2.36 bits per heavy atom. The van der Waals surface area contributed by atoms with Crippen LogP contribution >= 0.6 is 0 Å². The molecule has 0 fully saturated rings. The zero-order valence-corrected chi connectivity index (χ0v) is 15.9. The fraction of sp³-hybridized carbons (Fsp3) is 0.611. The average Bonchev–Trinajstić information content (AvgIpc) is 2.32. The van der Waals surface area contributed by atoms with Crippen molar-refractivity contribution in [1.29, 1.82) is 0 Å². The normalized spacial score (nSPS) is 12.3. The largest absolute Gasteiger partial charge is 0.439 e. The lowest BCUT2D eigenvalue weighted by Gasteiger charge is -2.35. The van der Waals surface area contributed by atoms with Gasteiger partial charge in [-0.15, -0.1) is 0 Å². The van der Waals surface area contributed by atoms with E-state index in [2.05, 4.69) is 64.1 Å². The molecule has 4 heteroatoms. The Bertz CT molecular complexity index is 518. The van der Waals surface area contributed by atoms with Gasteiger partial charge in [-0.05, 0) is 32.0 Å². The van der Waals surface area contributed by atoms with E-state index in [1.54, 1.807) is 6.92 Å². The summed E-state index contributed by atoms with van der Waals surface area (Å²) in [5, 5.41) is 0.148. The summed E-state index contributed by atoms with van der Waals surface area (Å²) >= 11 is 0. The third-order valence-corrected chi connectivity index (χ3v) is 8.06. The van der Waals surface area contributed by atoms with E-state index in [0.717, 1.165) is 5.57 Å². The molecule has 0 aliphatic heterocycles. The first-order valence-electron chi connectivity index (χ1n) is 7.39. The fourth-order valence-electron chi connectivity index (χ4n) is 1.29. The maximum atomic E-state index is 11.4. The van der Waals surface area contributed by atoms with Crippen LogP contribution in [0.1, 0.15) is 41.0 Å². The summed E-state index contributed by atoms with van der Waals surface area (Å²) in [6.07, 6.45) is -0.0154. The van der Waals surface area contributed by atoms with Crippen molar-refractivity contribution in [3.63, 3.8) is 0 Å². The first-order valence-corrected chi connectivity index (χ1v) is 10.3. The highest BCUT2D eigenvalue weighted by atomic mass is 28.4. The van der Waals surface area contributed by atoms with Gasteiger partial charge in [0, 0.05) is 12.3 Å². The van der Waals surface area contributed by atoms with E-state index in [9.17, 15) is 4.79 Å². The van der Waals surface area contributed by atoms with Gasteiger partial charge in [0.2, 0.25) is 0 Å². The number of carbonyl (C=O) groups is 1. The molecule has 22 heavy (non-hydrogen) atoms. The van der Waals surface area contributed by atoms with Crippen molar-refractivity contribution < 1.29 is 14.0 Å². The molecular formula is C18H28O3Si. The van der Waals surface area contributed by atoms with Gasteiger partial charge in [-0.2, -0.15) is 0 Å². The molecule has 0 saturated carbocycles. The third-order valence-electron chi connectivity index (χ3n) is 3.58. The van der Waals surface area contributed by atoms with Crippen molar-refractivity contribution in [3.8, 4) is 23.7 Å². The highest BCUT2D eigenvalue weighted by molar-refractivity contribution is 6.74. The molecule has 0 aliphatic rings. The molecule has 3 nitrogen and oxygen atoms in total. The quantitative estimate of drug-likeness (QED) is 0.253. The van der Waals surface area contributed by atoms with Crippen molar-refractivity contribution in [3.05, 3.63) is 12.2 Å². The zero-order chi connectivity index (χ0) is 17.4. The van der Waals surface area contributed by atoms with Crippen LogP contribution in [0.4, 0.5) is 0 Å². The minimum atomic E-state index is -1.80. The van der Waals surface area contributed by atoms with Crippen LogP contribution in [0, 0.1) is 23.7 Å². The molecule has 0 saturated heterocycles. The molecule has 0 aromatic heterocycles. The molecule has 122 valence electrons. The number of carbonyl (C=O) groups excluding carboxylic acids is 1. The monoisotopic (exact) mass is 320 g/mol. The lowest BCUT2D eigenvalue weighted by atomic mass is 10.1. The highest BCUT2D eigenvalue weighted by Crippen LogP contribution is 2.36. The third kappa shape index (κ3) is 8.07. The zero-order valence-electron chi connectivity index (χ0n) is 14.9. The Balaban J connectivity index is 4.72. The van der Waals surface area contributed by atoms with E-state index in [1.165, 1.54) is 0 Å². The summed E-state index contributed by atoms with van der Waals surface area (Å²) in [5.41, 5.74) is 0.905. The van der Waals surface area contributed by atoms with E-state index >= 15 is 0 Å². The van der Waals surface area contributed by atoms with Crippen LogP contribution in [0.25, 0.3) is 0 Å². The topological polar surface area (TPSA) is 35.5 Å². The molecule has 0 rings (SSSR count). The SMILES string of the molecule is C=C(C)C[C@@H](C#CCO[Si](C)(C)C(C)(C)C)OC(=O)C#CC. The molecule has 0 spiro atoms. The highest BCUT2D eigenvalue weighted by Gasteiger charge is 2.36. The maximum absolute atomic E-state index is 11.4. The van der Waals surface area contributed by atoms with Crippen LogP contribution < -0.4 is 0 Å². The molecule has 0 amide bonds. The van der Waals surface area contributed by atoms with E-state index in [-0.39, 0.29) is 5.04 Å². The van der Waals surface area contributed by atoms with E-state index in [1.807, 2.05) is 6.92 Å². The summed E-state index contributed by atoms with van der Waals surface area (Å²) in [6, 6.07) is 0. The molecule has 0 radical (unpaired) electrons. The van der Waals surface area contributed by atoms with Gasteiger partial charge in [-0.3, -0.25) is 0 Å². The van der Waals surface area contributed by atoms with Crippen molar-refractivity contribution in [2.24, 2.45) is 0 Å². The number of hydrogen-bond donors (Lipinski definition) is 0. The van der Waals surface area contributed by atoms with Gasteiger partial charge in [-0.1, -0.05) is 50.7 Å². The van der Waals surface area contributed by atoms with Crippen LogP contribution in [-0.2, 0) is 14.0 Å². The Hall–Kier alpha value is -1.49. The van der Waals surface area contributed by atoms with Gasteiger partial charge in [0.15, 0.2) is 14.4 Å². The Morgan fingerprint density at radius 2 is 1.91 bits per heavy atom. The predicted octanol–water partition coefficient (Wildman–Crippen LogP) is 3.91. The van der Waals surface area contributed by atoms with Crippen LogP contribution in [0.15, 0.2) is 12.2 Å². The van der Waals surface area contributed by atoms with Crippen molar-refractivity contribution >= 4 is 14.3 Å². The maximum Gasteiger partial charge on any atom is 0.385 e. The summed E-state index contributed by atoms with van der Waals surface area (Å²) in [6.45, 7) is 18.5. The molecule has 0 bridgehead atoms. The first kappa shape index (κ1) is 20.5. The lowest BCUT2D eigenvalue weighted by Crippen LogP contribution is -2.40. The summed E-state index contributed by atoms with van der Waals surface area (Å²) in [7, 11) is -1.80. The first-order chi connectivity index (χ1) is 9.99. The second kappa shape index (κ2) is 8.83. The molecule has 0 aromatic rings. The van der Waals surface area contributed by atoms with Gasteiger partial charge < -0.3 is 9.16 Å². The van der Waals surface area contributed by atoms with E-state index < -0.39 is 20.4 Å². The van der Waals surface area contributed by atoms with Crippen LogP contribution in [0.2, 0.25) is 18.1 Å². The Labute approximate surface area is 136 Å². The molecule has 0 unspecified atom stereocenters. The van der Waals surface area contributed by atoms with Crippen molar-refractivity contribution in [2.45, 2.75) is 65.3 Å². The van der Waals surface area contributed by atoms with E-state index in [4.69, 9.17) is 9.16 Å². The molecule has 1 atom stereocenters. The van der Waals surface area contributed by atoms with Gasteiger partial charge in [0.05, 0.1) is 6.61 Å². The Kier molecular flexibility index (Phi) is 8.23. The standard InChI is InChI=1S/C18H28O3Si/c1-9-11-17(19)21-16(14-15(2)3)12-10-13-20-22(7,8)18(4,5)6/h16H,2,13-14H2,1,3-8H3/t16-/m1/s1. The number of esters is 1. The number of hydrogen-bond acceptors (Lipinski definition) is 3. The second-order valence-electron chi connectivity index (χ2n) is 6.80. The molecule has 0 aliphatic carbocycles. The fourth-order valence-corrected chi connectivity index (χ4v) is 2.15. The summed E-state index contributed by atoms with van der Waals surface area (Å²) in [4.78, 5) is 11.4. The lowest BCUT2D eigenvalue weighted by molar-refractivity contribution is -0.139. The van der Waals surface area contributed by atoms with Crippen LogP contribution in [-0.4, -0.2) is 27.0 Å². The van der Waals surface area contributed by atoms with Gasteiger partial charge >= 0.3 is 5.97 Å². The van der Waals surface area contributed by atoms with E-state index in [0.29, 0.717) is 13.0 Å². The summed E-state index contributed by atoms with van der Waals surface area (Å²) in [5.74, 6) is 10.2. The second-order valence-corrected chi connectivity index (χ2v) is 11.6. The summed E-state index contributed by atoms with van der Waals surface area (Å²) < 4.78 is 11.2. The minimum Gasteiger partial charge on any atom is -0.439 e. The average molecular weight is 321 g/mol. The molecular weight excluding hydrogens is 292 g/mol. The van der Waals surface area contributed by atoms with Crippen molar-refractivity contribution in [1.82, 2.24) is 0 Å². The Morgan fingerprint density at radius 1 is 1.32 bits per heavy atom. The van der Waals surface area contributed by atoms with Gasteiger partial charge in [0.25, 0.3) is 0 Å². The van der Waals surface area contributed by atoms with Crippen molar-refractivity contribution in [2.75, 3.05) is 6.61 Å².